The number of carboxylic acid groups (broad SMARTS) is 1. The molecular weight excluding hydrogens is 300 g/mol. The normalized spacial score (nSPS) is 20.1. The van der Waals surface area contributed by atoms with Crippen LogP contribution in [-0.4, -0.2) is 42.1 Å². The molecule has 5 nitrogen and oxygen atoms in total. The molecule has 1 aliphatic heterocycles. The number of anilines is 1. The zero-order chi connectivity index (χ0) is 13.3. The first-order valence-corrected chi connectivity index (χ1v) is 6.29. The first kappa shape index (κ1) is 12.9. The topological polar surface area (TPSA) is 60.9 Å². The largest absolute Gasteiger partial charge is 0.481 e. The van der Waals surface area contributed by atoms with Gasteiger partial charge in [0.15, 0.2) is 0 Å². The lowest BCUT2D eigenvalue weighted by molar-refractivity contribution is -0.141. The maximum Gasteiger partial charge on any atom is 0.324 e. The van der Waals surface area contributed by atoms with Crippen LogP contribution in [0.3, 0.4) is 0 Å². The molecule has 1 fully saturated rings. The van der Waals surface area contributed by atoms with Crippen LogP contribution >= 0.6 is 15.9 Å². The van der Waals surface area contributed by atoms with Crippen molar-refractivity contribution in [1.82, 2.24) is 4.90 Å². The van der Waals surface area contributed by atoms with E-state index in [-0.39, 0.29) is 19.1 Å². The van der Waals surface area contributed by atoms with Crippen molar-refractivity contribution in [3.8, 4) is 0 Å². The predicted molar refractivity (Wildman–Crippen MR) is 70.6 cm³/mol. The van der Waals surface area contributed by atoms with Crippen LogP contribution in [0, 0.1) is 5.92 Å². The second-order valence-corrected chi connectivity index (χ2v) is 5.20. The quantitative estimate of drug-likeness (QED) is 0.909. The molecule has 1 heterocycles. The molecule has 0 aliphatic carbocycles. The SMILES string of the molecule is CN1CC(C(=O)O)CN(c2cccc(Br)c2)C1=O. The molecule has 6 heteroatoms. The molecule has 2 rings (SSSR count). The number of benzene rings is 1. The lowest BCUT2D eigenvalue weighted by atomic mass is 10.1. The second-order valence-electron chi connectivity index (χ2n) is 4.29. The summed E-state index contributed by atoms with van der Waals surface area (Å²) in [5.74, 6) is -1.44. The fourth-order valence-electron chi connectivity index (χ4n) is 1.99. The summed E-state index contributed by atoms with van der Waals surface area (Å²) < 4.78 is 0.855. The first-order chi connectivity index (χ1) is 8.49. The zero-order valence-corrected chi connectivity index (χ0v) is 11.4. The average Bonchev–Trinajstić information content (AvgIpc) is 2.32. The summed E-state index contributed by atoms with van der Waals surface area (Å²) in [6, 6.07) is 7.09. The molecule has 0 spiro atoms. The highest BCUT2D eigenvalue weighted by molar-refractivity contribution is 9.10. The lowest BCUT2D eigenvalue weighted by Crippen LogP contribution is -2.54. The molecule has 0 bridgehead atoms. The van der Waals surface area contributed by atoms with Gasteiger partial charge in [-0.05, 0) is 18.2 Å². The minimum Gasteiger partial charge on any atom is -0.481 e. The second kappa shape index (κ2) is 4.97. The van der Waals surface area contributed by atoms with E-state index >= 15 is 0 Å². The Hall–Kier alpha value is -1.56. The summed E-state index contributed by atoms with van der Waals surface area (Å²) in [5, 5.41) is 9.09. The highest BCUT2D eigenvalue weighted by atomic mass is 79.9. The Morgan fingerprint density at radius 1 is 1.44 bits per heavy atom. The molecule has 1 unspecified atom stereocenters. The van der Waals surface area contributed by atoms with Crippen LogP contribution in [0.15, 0.2) is 28.7 Å². The average molecular weight is 313 g/mol. The fraction of sp³-hybridized carbons (Fsp3) is 0.333. The fourth-order valence-corrected chi connectivity index (χ4v) is 2.37. The summed E-state index contributed by atoms with van der Waals surface area (Å²) >= 11 is 3.34. The summed E-state index contributed by atoms with van der Waals surface area (Å²) in [5.41, 5.74) is 0.701. The van der Waals surface area contributed by atoms with Gasteiger partial charge in [0.25, 0.3) is 0 Å². The number of hydrogen-bond donors (Lipinski definition) is 1. The van der Waals surface area contributed by atoms with Crippen molar-refractivity contribution in [2.24, 2.45) is 5.92 Å². The number of hydrogen-bond acceptors (Lipinski definition) is 2. The van der Waals surface area contributed by atoms with Crippen LogP contribution in [-0.2, 0) is 4.79 Å². The zero-order valence-electron chi connectivity index (χ0n) is 9.84. The molecule has 1 aromatic carbocycles. The third kappa shape index (κ3) is 2.48. The number of amides is 2. The monoisotopic (exact) mass is 312 g/mol. The summed E-state index contributed by atoms with van der Waals surface area (Å²) in [7, 11) is 1.61. The number of carbonyl (C=O) groups excluding carboxylic acids is 1. The summed E-state index contributed by atoms with van der Waals surface area (Å²) in [6.07, 6.45) is 0. The van der Waals surface area contributed by atoms with E-state index in [1.807, 2.05) is 12.1 Å². The lowest BCUT2D eigenvalue weighted by Gasteiger charge is -2.36. The smallest absolute Gasteiger partial charge is 0.324 e. The summed E-state index contributed by atoms with van der Waals surface area (Å²) in [4.78, 5) is 26.1. The van der Waals surface area contributed by atoms with E-state index in [1.54, 1.807) is 19.2 Å². The van der Waals surface area contributed by atoms with E-state index in [2.05, 4.69) is 15.9 Å². The van der Waals surface area contributed by atoms with E-state index in [9.17, 15) is 9.59 Å². The first-order valence-electron chi connectivity index (χ1n) is 5.50. The van der Waals surface area contributed by atoms with E-state index in [0.29, 0.717) is 5.69 Å². The van der Waals surface area contributed by atoms with Crippen molar-refractivity contribution in [1.29, 1.82) is 0 Å². The number of rotatable bonds is 2. The van der Waals surface area contributed by atoms with Crippen LogP contribution < -0.4 is 4.90 Å². The van der Waals surface area contributed by atoms with Crippen LogP contribution in [0.25, 0.3) is 0 Å². The van der Waals surface area contributed by atoms with Gasteiger partial charge >= 0.3 is 12.0 Å². The molecule has 2 amide bonds. The van der Waals surface area contributed by atoms with E-state index < -0.39 is 11.9 Å². The molecule has 0 saturated carbocycles. The van der Waals surface area contributed by atoms with E-state index in [1.165, 1.54) is 9.80 Å². The molecule has 1 N–H and O–H groups in total. The molecule has 1 aliphatic rings. The third-order valence-electron chi connectivity index (χ3n) is 2.92. The standard InChI is InChI=1S/C12H13BrN2O3/c1-14-6-8(11(16)17)7-15(12(14)18)10-4-2-3-9(13)5-10/h2-5,8H,6-7H2,1H3,(H,16,17). The number of carboxylic acids is 1. The van der Waals surface area contributed by atoms with Gasteiger partial charge in [-0.25, -0.2) is 4.79 Å². The number of halogens is 1. The molecular formula is C12H13BrN2O3. The Bertz CT molecular complexity index is 492. The number of aliphatic carboxylic acids is 1. The van der Waals surface area contributed by atoms with Gasteiger partial charge in [-0.1, -0.05) is 22.0 Å². The maximum absolute atomic E-state index is 12.0. The highest BCUT2D eigenvalue weighted by Gasteiger charge is 2.34. The number of nitrogens with zero attached hydrogens (tertiary/aromatic N) is 2. The van der Waals surface area contributed by atoms with Crippen molar-refractivity contribution in [3.05, 3.63) is 28.7 Å². The number of urea groups is 1. The van der Waals surface area contributed by atoms with Gasteiger partial charge in [-0.2, -0.15) is 0 Å². The van der Waals surface area contributed by atoms with E-state index in [0.717, 1.165) is 4.47 Å². The van der Waals surface area contributed by atoms with Gasteiger partial charge in [0.2, 0.25) is 0 Å². The van der Waals surface area contributed by atoms with Crippen LogP contribution in [0.4, 0.5) is 10.5 Å². The molecule has 1 atom stereocenters. The predicted octanol–water partition coefficient (Wildman–Crippen LogP) is 2.02. The van der Waals surface area contributed by atoms with Gasteiger partial charge < -0.3 is 10.0 Å². The van der Waals surface area contributed by atoms with Gasteiger partial charge in [0, 0.05) is 30.3 Å². The van der Waals surface area contributed by atoms with Gasteiger partial charge in [-0.3, -0.25) is 9.69 Å². The molecule has 1 saturated heterocycles. The minimum atomic E-state index is -0.880. The molecule has 96 valence electrons. The Labute approximate surface area is 113 Å². The van der Waals surface area contributed by atoms with Crippen LogP contribution in [0.1, 0.15) is 0 Å². The van der Waals surface area contributed by atoms with Gasteiger partial charge in [0.05, 0.1) is 5.92 Å². The third-order valence-corrected chi connectivity index (χ3v) is 3.42. The van der Waals surface area contributed by atoms with E-state index in [4.69, 9.17) is 5.11 Å². The van der Waals surface area contributed by atoms with Crippen molar-refractivity contribution < 1.29 is 14.7 Å². The van der Waals surface area contributed by atoms with Crippen molar-refractivity contribution in [2.45, 2.75) is 0 Å². The molecule has 0 aromatic heterocycles. The Morgan fingerprint density at radius 3 is 2.78 bits per heavy atom. The van der Waals surface area contributed by atoms with Crippen LogP contribution in [0.5, 0.6) is 0 Å². The Balaban J connectivity index is 2.30. The van der Waals surface area contributed by atoms with Crippen molar-refractivity contribution in [2.75, 3.05) is 25.0 Å². The highest BCUT2D eigenvalue weighted by Crippen LogP contribution is 2.24. The maximum atomic E-state index is 12.0. The summed E-state index contributed by atoms with van der Waals surface area (Å²) in [6.45, 7) is 0.452. The Kier molecular flexibility index (Phi) is 3.56. The Morgan fingerprint density at radius 2 is 2.17 bits per heavy atom. The number of carbonyl (C=O) groups is 2. The van der Waals surface area contributed by atoms with Gasteiger partial charge in [0.1, 0.15) is 0 Å². The van der Waals surface area contributed by atoms with Crippen LogP contribution in [0.2, 0.25) is 0 Å². The van der Waals surface area contributed by atoms with Gasteiger partial charge in [-0.15, -0.1) is 0 Å². The molecule has 1 aromatic rings. The van der Waals surface area contributed by atoms with Crippen molar-refractivity contribution in [3.63, 3.8) is 0 Å². The minimum absolute atomic E-state index is 0.175. The molecule has 0 radical (unpaired) electrons. The van der Waals surface area contributed by atoms with Crippen molar-refractivity contribution >= 4 is 33.6 Å². The molecule has 18 heavy (non-hydrogen) atoms.